The molecule has 13 heteroatoms. The molecule has 1 amide bonds. The summed E-state index contributed by atoms with van der Waals surface area (Å²) in [6.07, 6.45) is -7.52. The van der Waals surface area contributed by atoms with Crippen LogP contribution < -0.4 is 5.32 Å². The molecule has 0 aliphatic carbocycles. The quantitative estimate of drug-likeness (QED) is 0.381. The third-order valence-corrected chi connectivity index (χ3v) is 5.51. The Morgan fingerprint density at radius 3 is 2.30 bits per heavy atom. The highest BCUT2D eigenvalue weighted by atomic mass is 32.1. The third kappa shape index (κ3) is 4.97. The summed E-state index contributed by atoms with van der Waals surface area (Å²) in [4.78, 5) is 16.6. The second kappa shape index (κ2) is 8.14. The lowest BCUT2D eigenvalue weighted by molar-refractivity contribution is -0.143. The number of aromatic nitrogens is 3. The van der Waals surface area contributed by atoms with E-state index in [9.17, 15) is 35.5 Å². The molecule has 2 aromatic heterocycles. The number of amides is 1. The number of alkyl halides is 6. The Kier molecular flexibility index (Phi) is 5.60. The zero-order chi connectivity index (χ0) is 24.0. The van der Waals surface area contributed by atoms with Crippen molar-refractivity contribution in [2.45, 2.75) is 18.9 Å². The molecule has 0 atom stereocenters. The topological polar surface area (TPSA) is 59.8 Å². The minimum Gasteiger partial charge on any atom is -0.348 e. The van der Waals surface area contributed by atoms with Crippen LogP contribution in [-0.4, -0.2) is 20.7 Å². The van der Waals surface area contributed by atoms with Gasteiger partial charge in [-0.2, -0.15) is 31.4 Å². The van der Waals surface area contributed by atoms with Crippen LogP contribution in [0.1, 0.15) is 27.0 Å². The standard InChI is InChI=1S/C20H11F7N4OS/c21-14-1-2-16-15(6-14)30-18(33-16)31-9-11(8-29-31)17(32)28-7-10-3-12(19(22,23)24)5-13(4-10)20(25,26)27/h1-6,8-9H,7H2,(H,28,32). The van der Waals surface area contributed by atoms with Gasteiger partial charge in [0.15, 0.2) is 0 Å². The summed E-state index contributed by atoms with van der Waals surface area (Å²) in [5, 5.41) is 6.60. The molecule has 0 saturated carbocycles. The Morgan fingerprint density at radius 1 is 1.00 bits per heavy atom. The van der Waals surface area contributed by atoms with Gasteiger partial charge in [-0.15, -0.1) is 0 Å². The van der Waals surface area contributed by atoms with Gasteiger partial charge in [-0.1, -0.05) is 11.3 Å². The molecule has 0 fully saturated rings. The highest BCUT2D eigenvalue weighted by Gasteiger charge is 2.36. The fourth-order valence-corrected chi connectivity index (χ4v) is 3.82. The van der Waals surface area contributed by atoms with Gasteiger partial charge in [0.2, 0.25) is 5.13 Å². The van der Waals surface area contributed by atoms with Crippen LogP contribution in [0.25, 0.3) is 15.3 Å². The molecule has 2 heterocycles. The highest BCUT2D eigenvalue weighted by molar-refractivity contribution is 7.20. The molecule has 0 aliphatic rings. The van der Waals surface area contributed by atoms with Gasteiger partial charge >= 0.3 is 12.4 Å². The van der Waals surface area contributed by atoms with Gasteiger partial charge in [-0.3, -0.25) is 4.79 Å². The summed E-state index contributed by atoms with van der Waals surface area (Å²) in [6.45, 7) is -0.572. The Hall–Kier alpha value is -3.48. The molecule has 4 rings (SSSR count). The molecule has 0 radical (unpaired) electrons. The fourth-order valence-electron chi connectivity index (χ4n) is 2.94. The third-order valence-electron chi connectivity index (χ3n) is 4.48. The van der Waals surface area contributed by atoms with E-state index in [2.05, 4.69) is 15.4 Å². The number of halogens is 7. The zero-order valence-electron chi connectivity index (χ0n) is 16.1. The Balaban J connectivity index is 1.52. The minimum absolute atomic E-state index is 0.00320. The number of rotatable bonds is 4. The Bertz CT molecular complexity index is 1310. The lowest BCUT2D eigenvalue weighted by Crippen LogP contribution is -2.23. The summed E-state index contributed by atoms with van der Waals surface area (Å²) in [5.41, 5.74) is -2.92. The molecular formula is C20H11F7N4OS. The van der Waals surface area contributed by atoms with Crippen LogP contribution in [-0.2, 0) is 18.9 Å². The SMILES string of the molecule is O=C(NCc1cc(C(F)(F)F)cc(C(F)(F)F)c1)c1cnn(-c2nc3cc(F)ccc3s2)c1. The zero-order valence-corrected chi connectivity index (χ0v) is 16.9. The molecule has 0 unspecified atom stereocenters. The number of benzene rings is 2. The van der Waals surface area contributed by atoms with Crippen molar-refractivity contribution in [1.29, 1.82) is 0 Å². The van der Waals surface area contributed by atoms with E-state index in [1.165, 1.54) is 40.4 Å². The normalized spacial score (nSPS) is 12.3. The molecule has 172 valence electrons. The maximum absolute atomic E-state index is 13.3. The summed E-state index contributed by atoms with van der Waals surface area (Å²) < 4.78 is 93.1. The molecule has 2 aromatic carbocycles. The average Bonchev–Trinajstić information content (AvgIpc) is 3.37. The summed E-state index contributed by atoms with van der Waals surface area (Å²) in [7, 11) is 0. The number of thiazole rings is 1. The van der Waals surface area contributed by atoms with Crippen LogP contribution in [0.2, 0.25) is 0 Å². The van der Waals surface area contributed by atoms with Crippen LogP contribution in [0.3, 0.4) is 0 Å². The maximum atomic E-state index is 13.3. The average molecular weight is 488 g/mol. The summed E-state index contributed by atoms with van der Waals surface area (Å²) in [5.74, 6) is -1.23. The lowest BCUT2D eigenvalue weighted by Gasteiger charge is -2.14. The van der Waals surface area contributed by atoms with E-state index < -0.39 is 41.7 Å². The van der Waals surface area contributed by atoms with Crippen molar-refractivity contribution in [1.82, 2.24) is 20.1 Å². The molecule has 1 N–H and O–H groups in total. The summed E-state index contributed by atoms with van der Waals surface area (Å²) >= 11 is 1.18. The van der Waals surface area contributed by atoms with E-state index in [-0.39, 0.29) is 17.2 Å². The van der Waals surface area contributed by atoms with Gasteiger partial charge in [-0.05, 0) is 35.9 Å². The van der Waals surface area contributed by atoms with Crippen LogP contribution in [0.4, 0.5) is 30.7 Å². The largest absolute Gasteiger partial charge is 0.416 e. The minimum atomic E-state index is -4.98. The van der Waals surface area contributed by atoms with Crippen molar-refractivity contribution in [3.05, 3.63) is 76.9 Å². The van der Waals surface area contributed by atoms with Gasteiger partial charge in [0.1, 0.15) is 5.82 Å². The molecular weight excluding hydrogens is 477 g/mol. The number of nitrogens with one attached hydrogen (secondary N) is 1. The molecule has 5 nitrogen and oxygen atoms in total. The van der Waals surface area contributed by atoms with Crippen LogP contribution in [0.5, 0.6) is 0 Å². The van der Waals surface area contributed by atoms with Gasteiger partial charge < -0.3 is 5.32 Å². The van der Waals surface area contributed by atoms with Crippen molar-refractivity contribution in [3.63, 3.8) is 0 Å². The second-order valence-electron chi connectivity index (χ2n) is 6.88. The summed E-state index contributed by atoms with van der Waals surface area (Å²) in [6, 6.07) is 5.13. The van der Waals surface area contributed by atoms with Crippen molar-refractivity contribution < 1.29 is 35.5 Å². The van der Waals surface area contributed by atoms with Crippen LogP contribution in [0, 0.1) is 5.82 Å². The molecule has 33 heavy (non-hydrogen) atoms. The van der Waals surface area contributed by atoms with Gasteiger partial charge in [0.25, 0.3) is 5.91 Å². The molecule has 0 aliphatic heterocycles. The first kappa shape index (κ1) is 22.7. The first-order chi connectivity index (χ1) is 15.4. The Morgan fingerprint density at radius 2 is 1.67 bits per heavy atom. The van der Waals surface area contributed by atoms with Crippen LogP contribution in [0.15, 0.2) is 48.8 Å². The number of fused-ring (bicyclic) bond motifs is 1. The van der Waals surface area contributed by atoms with E-state index in [4.69, 9.17) is 0 Å². The fraction of sp³-hybridized carbons (Fsp3) is 0.150. The number of carbonyl (C=O) groups is 1. The predicted molar refractivity (Wildman–Crippen MR) is 104 cm³/mol. The predicted octanol–water partition coefficient (Wildman–Crippen LogP) is 5.59. The van der Waals surface area contributed by atoms with Crippen molar-refractivity contribution in [2.24, 2.45) is 0 Å². The molecule has 4 aromatic rings. The number of nitrogens with zero attached hydrogens (tertiary/aromatic N) is 3. The number of hydrogen-bond donors (Lipinski definition) is 1. The van der Waals surface area contributed by atoms with Crippen molar-refractivity contribution in [3.8, 4) is 5.13 Å². The van der Waals surface area contributed by atoms with Gasteiger partial charge in [0.05, 0.1) is 33.1 Å². The molecule has 0 spiro atoms. The second-order valence-corrected chi connectivity index (χ2v) is 7.89. The van der Waals surface area contributed by atoms with E-state index in [1.54, 1.807) is 0 Å². The van der Waals surface area contributed by atoms with Gasteiger partial charge in [0, 0.05) is 18.8 Å². The van der Waals surface area contributed by atoms with E-state index in [1.807, 2.05) is 0 Å². The lowest BCUT2D eigenvalue weighted by atomic mass is 10.0. The Labute approximate surface area is 184 Å². The number of hydrogen-bond acceptors (Lipinski definition) is 4. The van der Waals surface area contributed by atoms with Crippen molar-refractivity contribution >= 4 is 27.5 Å². The van der Waals surface area contributed by atoms with E-state index in [0.29, 0.717) is 27.5 Å². The van der Waals surface area contributed by atoms with Crippen molar-refractivity contribution in [2.75, 3.05) is 0 Å². The monoisotopic (exact) mass is 488 g/mol. The first-order valence-electron chi connectivity index (χ1n) is 9.08. The molecule has 0 bridgehead atoms. The maximum Gasteiger partial charge on any atom is 0.416 e. The van der Waals surface area contributed by atoms with E-state index in [0.717, 1.165) is 6.20 Å². The van der Waals surface area contributed by atoms with E-state index >= 15 is 0 Å². The smallest absolute Gasteiger partial charge is 0.348 e. The highest BCUT2D eigenvalue weighted by Crippen LogP contribution is 2.36. The van der Waals surface area contributed by atoms with Crippen LogP contribution >= 0.6 is 11.3 Å². The van der Waals surface area contributed by atoms with Gasteiger partial charge in [-0.25, -0.2) is 14.1 Å². The first-order valence-corrected chi connectivity index (χ1v) is 9.89. The molecule has 0 saturated heterocycles. The number of carbonyl (C=O) groups excluding carboxylic acids is 1.